The molecule has 3 aromatic carbocycles. The normalized spacial score (nSPS) is 11.7. The Bertz CT molecular complexity index is 1120. The Morgan fingerprint density at radius 1 is 0.828 bits per heavy atom. The quantitative estimate of drug-likeness (QED) is 0.369. The number of hydrogen-bond acceptors (Lipinski definition) is 4. The van der Waals surface area contributed by atoms with Crippen molar-refractivity contribution in [3.8, 4) is 5.75 Å². The molecular formula is C24H19NO4. The number of rotatable bonds is 7. The van der Waals surface area contributed by atoms with Gasteiger partial charge in [0.15, 0.2) is 12.7 Å². The minimum Gasteiger partial charge on any atom is -0.482 e. The van der Waals surface area contributed by atoms with E-state index in [1.165, 1.54) is 0 Å². The third-order valence-electron chi connectivity index (χ3n) is 4.54. The van der Waals surface area contributed by atoms with Crippen molar-refractivity contribution in [1.29, 1.82) is 0 Å². The average molecular weight is 385 g/mol. The lowest BCUT2D eigenvalue weighted by atomic mass is 9.99. The van der Waals surface area contributed by atoms with Gasteiger partial charge in [0.1, 0.15) is 5.75 Å². The maximum Gasteiger partial charge on any atom is 0.345 e. The van der Waals surface area contributed by atoms with E-state index < -0.39 is 12.1 Å². The van der Waals surface area contributed by atoms with Gasteiger partial charge >= 0.3 is 5.97 Å². The van der Waals surface area contributed by atoms with Crippen LogP contribution in [0.3, 0.4) is 0 Å². The second-order valence-electron chi connectivity index (χ2n) is 6.49. The monoisotopic (exact) mass is 385 g/mol. The van der Waals surface area contributed by atoms with Crippen LogP contribution in [0.5, 0.6) is 5.75 Å². The molecular weight excluding hydrogens is 366 g/mol. The fraction of sp³-hybridized carbons (Fsp3) is 0.0833. The number of carbonyl (C=O) groups excluding carboxylic acids is 2. The molecule has 0 bridgehead atoms. The zero-order valence-electron chi connectivity index (χ0n) is 15.6. The molecule has 0 fully saturated rings. The molecule has 1 atom stereocenters. The van der Waals surface area contributed by atoms with Crippen molar-refractivity contribution in [2.75, 3.05) is 6.61 Å². The Hall–Kier alpha value is -3.86. The van der Waals surface area contributed by atoms with Crippen LogP contribution < -0.4 is 4.74 Å². The first-order valence-corrected chi connectivity index (χ1v) is 9.25. The number of carbonyl (C=O) groups is 2. The van der Waals surface area contributed by atoms with Crippen molar-refractivity contribution >= 4 is 22.7 Å². The lowest BCUT2D eigenvalue weighted by Crippen LogP contribution is -2.23. The third-order valence-corrected chi connectivity index (χ3v) is 4.54. The summed E-state index contributed by atoms with van der Waals surface area (Å²) >= 11 is 0. The van der Waals surface area contributed by atoms with Gasteiger partial charge in [-0.1, -0.05) is 66.7 Å². The van der Waals surface area contributed by atoms with E-state index in [0.29, 0.717) is 16.9 Å². The van der Waals surface area contributed by atoms with Crippen LogP contribution >= 0.6 is 0 Å². The first-order chi connectivity index (χ1) is 14.2. The number of Topliss-reactive ketones (excluding diaryl/α,β-unsaturated/α-hetero) is 1. The highest BCUT2D eigenvalue weighted by Gasteiger charge is 2.28. The lowest BCUT2D eigenvalue weighted by Gasteiger charge is -2.17. The predicted octanol–water partition coefficient (Wildman–Crippen LogP) is 4.71. The number of aromatic nitrogens is 1. The molecule has 0 saturated carbocycles. The van der Waals surface area contributed by atoms with Crippen molar-refractivity contribution in [2.24, 2.45) is 0 Å². The van der Waals surface area contributed by atoms with Crippen LogP contribution in [-0.2, 0) is 9.53 Å². The smallest absolute Gasteiger partial charge is 0.345 e. The van der Waals surface area contributed by atoms with Crippen LogP contribution in [0.1, 0.15) is 22.0 Å². The summed E-state index contributed by atoms with van der Waals surface area (Å²) in [6.45, 7) is -0.283. The number of ketones is 1. The van der Waals surface area contributed by atoms with Gasteiger partial charge < -0.3 is 14.5 Å². The summed E-state index contributed by atoms with van der Waals surface area (Å²) < 4.78 is 11.0. The summed E-state index contributed by atoms with van der Waals surface area (Å²) in [4.78, 5) is 28.8. The molecule has 5 heteroatoms. The summed E-state index contributed by atoms with van der Waals surface area (Å²) in [7, 11) is 0. The van der Waals surface area contributed by atoms with Gasteiger partial charge in [0.05, 0.1) is 0 Å². The van der Waals surface area contributed by atoms with Crippen molar-refractivity contribution in [3.05, 3.63) is 102 Å². The molecule has 1 aromatic heterocycles. The molecule has 4 rings (SSSR count). The van der Waals surface area contributed by atoms with E-state index in [-0.39, 0.29) is 12.4 Å². The molecule has 0 radical (unpaired) electrons. The highest BCUT2D eigenvalue weighted by atomic mass is 16.6. The average Bonchev–Trinajstić information content (AvgIpc) is 3.21. The van der Waals surface area contributed by atoms with Gasteiger partial charge in [0.25, 0.3) is 0 Å². The molecule has 0 aliphatic rings. The summed E-state index contributed by atoms with van der Waals surface area (Å²) in [5, 5.41) is 0.787. The highest BCUT2D eigenvalue weighted by Crippen LogP contribution is 2.27. The number of fused-ring (bicyclic) bond motifs is 1. The zero-order valence-corrected chi connectivity index (χ0v) is 15.6. The van der Waals surface area contributed by atoms with Crippen LogP contribution in [0.25, 0.3) is 10.9 Å². The predicted molar refractivity (Wildman–Crippen MR) is 110 cm³/mol. The maximum atomic E-state index is 13.3. The van der Waals surface area contributed by atoms with Crippen LogP contribution in [0, 0.1) is 0 Å². The van der Waals surface area contributed by atoms with E-state index >= 15 is 0 Å². The highest BCUT2D eigenvalue weighted by molar-refractivity contribution is 6.10. The van der Waals surface area contributed by atoms with Gasteiger partial charge in [-0.05, 0) is 18.2 Å². The number of nitrogens with one attached hydrogen (secondary N) is 1. The number of H-pyrrole nitrogens is 1. The molecule has 0 saturated heterocycles. The SMILES string of the molecule is O=C(COc1ccccc1)OC(C(=O)c1c[nH]c2ccccc12)c1ccccc1. The molecule has 0 aliphatic carbocycles. The van der Waals surface area contributed by atoms with E-state index in [1.807, 2.05) is 48.5 Å². The largest absolute Gasteiger partial charge is 0.482 e. The number of esters is 1. The van der Waals surface area contributed by atoms with Gasteiger partial charge in [-0.15, -0.1) is 0 Å². The minimum absolute atomic E-state index is 0.283. The van der Waals surface area contributed by atoms with Crippen LogP contribution in [0.2, 0.25) is 0 Å². The molecule has 0 spiro atoms. The van der Waals surface area contributed by atoms with Gasteiger partial charge in [0, 0.05) is 28.2 Å². The molecule has 0 amide bonds. The first kappa shape index (κ1) is 18.5. The summed E-state index contributed by atoms with van der Waals surface area (Å²) in [5.41, 5.74) is 1.93. The summed E-state index contributed by atoms with van der Waals surface area (Å²) in [6.07, 6.45) is 0.597. The Morgan fingerprint density at radius 2 is 1.48 bits per heavy atom. The van der Waals surface area contributed by atoms with Gasteiger partial charge in [0.2, 0.25) is 5.78 Å². The second-order valence-corrected chi connectivity index (χ2v) is 6.49. The topological polar surface area (TPSA) is 68.4 Å². The van der Waals surface area contributed by atoms with E-state index in [9.17, 15) is 9.59 Å². The number of aromatic amines is 1. The lowest BCUT2D eigenvalue weighted by molar-refractivity contribution is -0.149. The van der Waals surface area contributed by atoms with E-state index in [2.05, 4.69) is 4.98 Å². The van der Waals surface area contributed by atoms with Crippen LogP contribution in [0.4, 0.5) is 0 Å². The number of hydrogen-bond donors (Lipinski definition) is 1. The number of para-hydroxylation sites is 2. The first-order valence-electron chi connectivity index (χ1n) is 9.25. The molecule has 1 heterocycles. The number of ether oxygens (including phenoxy) is 2. The Kier molecular flexibility index (Phi) is 5.38. The Morgan fingerprint density at radius 3 is 2.24 bits per heavy atom. The maximum absolute atomic E-state index is 13.3. The fourth-order valence-electron chi connectivity index (χ4n) is 3.14. The standard InChI is InChI=1S/C24H19NO4/c26-22(16-28-18-11-5-2-6-12-18)29-24(17-9-3-1-4-10-17)23(27)20-15-25-21-14-8-7-13-19(20)21/h1-15,24-25H,16H2. The van der Waals surface area contributed by atoms with E-state index in [1.54, 1.807) is 42.6 Å². The molecule has 1 N–H and O–H groups in total. The van der Waals surface area contributed by atoms with Crippen LogP contribution in [-0.4, -0.2) is 23.3 Å². The molecule has 1 unspecified atom stereocenters. The second kappa shape index (κ2) is 8.44. The number of benzene rings is 3. The Labute approximate surface area is 167 Å². The molecule has 0 aliphatic heterocycles. The minimum atomic E-state index is -1.05. The third kappa shape index (κ3) is 4.19. The van der Waals surface area contributed by atoms with Gasteiger partial charge in [-0.3, -0.25) is 4.79 Å². The van der Waals surface area contributed by atoms with Crippen molar-refractivity contribution < 1.29 is 19.1 Å². The van der Waals surface area contributed by atoms with Crippen molar-refractivity contribution in [2.45, 2.75) is 6.10 Å². The summed E-state index contributed by atoms with van der Waals surface area (Å²) in [5.74, 6) is -0.346. The van der Waals surface area contributed by atoms with Crippen LogP contribution in [0.15, 0.2) is 91.1 Å². The summed E-state index contributed by atoms with van der Waals surface area (Å²) in [6, 6.07) is 25.5. The zero-order chi connectivity index (χ0) is 20.1. The van der Waals surface area contributed by atoms with E-state index in [0.717, 1.165) is 10.9 Å². The molecule has 144 valence electrons. The Balaban J connectivity index is 1.57. The van der Waals surface area contributed by atoms with Gasteiger partial charge in [-0.2, -0.15) is 0 Å². The molecule has 4 aromatic rings. The fourth-order valence-corrected chi connectivity index (χ4v) is 3.14. The van der Waals surface area contributed by atoms with Crippen molar-refractivity contribution in [1.82, 2.24) is 4.98 Å². The van der Waals surface area contributed by atoms with E-state index in [4.69, 9.17) is 9.47 Å². The molecule has 29 heavy (non-hydrogen) atoms. The van der Waals surface area contributed by atoms with Gasteiger partial charge in [-0.25, -0.2) is 4.79 Å². The molecule has 5 nitrogen and oxygen atoms in total. The van der Waals surface area contributed by atoms with Crippen molar-refractivity contribution in [3.63, 3.8) is 0 Å².